The van der Waals surface area contributed by atoms with Crippen LogP contribution in [0.5, 0.6) is 0 Å². The summed E-state index contributed by atoms with van der Waals surface area (Å²) in [7, 11) is 0. The predicted octanol–water partition coefficient (Wildman–Crippen LogP) is 3.60. The number of nitrogens with zero attached hydrogens (tertiary/aromatic N) is 1. The SMILES string of the molecule is Cc1nc(C)c(C(C)NC2CCC(C)C2)s1. The molecule has 0 bridgehead atoms. The van der Waals surface area contributed by atoms with Gasteiger partial charge in [0.25, 0.3) is 0 Å². The summed E-state index contributed by atoms with van der Waals surface area (Å²) in [4.78, 5) is 5.91. The largest absolute Gasteiger partial charge is 0.307 e. The zero-order valence-corrected chi connectivity index (χ0v) is 11.5. The molecule has 3 unspecified atom stereocenters. The van der Waals surface area contributed by atoms with E-state index in [1.54, 1.807) is 0 Å². The van der Waals surface area contributed by atoms with Crippen LogP contribution >= 0.6 is 11.3 Å². The monoisotopic (exact) mass is 238 g/mol. The molecule has 0 aliphatic heterocycles. The topological polar surface area (TPSA) is 24.9 Å². The molecule has 3 heteroatoms. The fraction of sp³-hybridized carbons (Fsp3) is 0.769. The van der Waals surface area contributed by atoms with E-state index >= 15 is 0 Å². The zero-order chi connectivity index (χ0) is 11.7. The first-order valence-electron chi connectivity index (χ1n) is 6.26. The highest BCUT2D eigenvalue weighted by Crippen LogP contribution is 2.29. The van der Waals surface area contributed by atoms with Crippen LogP contribution in [0, 0.1) is 19.8 Å². The minimum Gasteiger partial charge on any atom is -0.307 e. The molecule has 1 aliphatic carbocycles. The Morgan fingerprint density at radius 1 is 1.38 bits per heavy atom. The normalized spacial score (nSPS) is 27.2. The van der Waals surface area contributed by atoms with Crippen LogP contribution in [0.1, 0.15) is 54.7 Å². The van der Waals surface area contributed by atoms with Gasteiger partial charge in [-0.1, -0.05) is 6.92 Å². The van der Waals surface area contributed by atoms with E-state index in [-0.39, 0.29) is 0 Å². The van der Waals surface area contributed by atoms with E-state index in [1.807, 2.05) is 11.3 Å². The lowest BCUT2D eigenvalue weighted by Crippen LogP contribution is -2.29. The molecule has 2 nitrogen and oxygen atoms in total. The Bertz CT molecular complexity index is 359. The minimum absolute atomic E-state index is 0.460. The predicted molar refractivity (Wildman–Crippen MR) is 69.9 cm³/mol. The summed E-state index contributed by atoms with van der Waals surface area (Å²) in [6, 6.07) is 1.17. The molecule has 1 aliphatic rings. The van der Waals surface area contributed by atoms with Crippen molar-refractivity contribution >= 4 is 11.3 Å². The molecule has 1 N–H and O–H groups in total. The Morgan fingerprint density at radius 3 is 2.62 bits per heavy atom. The third kappa shape index (κ3) is 2.64. The molecule has 0 aromatic carbocycles. The highest BCUT2D eigenvalue weighted by Gasteiger charge is 2.23. The lowest BCUT2D eigenvalue weighted by molar-refractivity contribution is 0.451. The number of rotatable bonds is 3. The summed E-state index contributed by atoms with van der Waals surface area (Å²) in [6.45, 7) is 8.83. The Hall–Kier alpha value is -0.410. The van der Waals surface area contributed by atoms with E-state index < -0.39 is 0 Å². The van der Waals surface area contributed by atoms with Crippen LogP contribution in [0.2, 0.25) is 0 Å². The maximum absolute atomic E-state index is 4.50. The van der Waals surface area contributed by atoms with Crippen LogP contribution in [0.15, 0.2) is 0 Å². The number of hydrogen-bond acceptors (Lipinski definition) is 3. The van der Waals surface area contributed by atoms with Crippen molar-refractivity contribution in [3.05, 3.63) is 15.6 Å². The first-order valence-corrected chi connectivity index (χ1v) is 7.08. The Balaban J connectivity index is 1.97. The van der Waals surface area contributed by atoms with Gasteiger partial charge in [0.15, 0.2) is 0 Å². The fourth-order valence-corrected chi connectivity index (χ4v) is 3.68. The van der Waals surface area contributed by atoms with Gasteiger partial charge in [0.2, 0.25) is 0 Å². The van der Waals surface area contributed by atoms with E-state index in [1.165, 1.54) is 34.8 Å². The molecule has 2 rings (SSSR count). The third-order valence-electron chi connectivity index (χ3n) is 3.51. The molecule has 3 atom stereocenters. The van der Waals surface area contributed by atoms with Gasteiger partial charge in [0.1, 0.15) is 0 Å². The maximum Gasteiger partial charge on any atom is 0.0900 e. The Labute approximate surface area is 102 Å². The van der Waals surface area contributed by atoms with Gasteiger partial charge in [0.05, 0.1) is 10.7 Å². The molecule has 90 valence electrons. The molecule has 1 saturated carbocycles. The van der Waals surface area contributed by atoms with E-state index in [0.717, 1.165) is 5.92 Å². The number of aromatic nitrogens is 1. The number of thiazole rings is 1. The maximum atomic E-state index is 4.50. The second-order valence-electron chi connectivity index (χ2n) is 5.19. The minimum atomic E-state index is 0.460. The molecule has 0 amide bonds. The lowest BCUT2D eigenvalue weighted by atomic mass is 10.1. The smallest absolute Gasteiger partial charge is 0.0900 e. The highest BCUT2D eigenvalue weighted by atomic mass is 32.1. The van der Waals surface area contributed by atoms with Gasteiger partial charge in [-0.15, -0.1) is 11.3 Å². The van der Waals surface area contributed by atoms with Crippen LogP contribution in [0.25, 0.3) is 0 Å². The number of aryl methyl sites for hydroxylation is 2. The van der Waals surface area contributed by atoms with Crippen molar-refractivity contribution in [2.24, 2.45) is 5.92 Å². The molecule has 1 aromatic rings. The highest BCUT2D eigenvalue weighted by molar-refractivity contribution is 7.11. The standard InChI is InChI=1S/C13H22N2S/c1-8-5-6-12(7-8)15-10(3)13-9(2)14-11(4)16-13/h8,10,12,15H,5-7H2,1-4H3. The first kappa shape index (κ1) is 12.1. The summed E-state index contributed by atoms with van der Waals surface area (Å²) in [6.07, 6.45) is 4.05. The second-order valence-corrected chi connectivity index (χ2v) is 6.42. The van der Waals surface area contributed by atoms with Crippen LogP contribution in [-0.4, -0.2) is 11.0 Å². The summed E-state index contributed by atoms with van der Waals surface area (Å²) in [5, 5.41) is 4.93. The van der Waals surface area contributed by atoms with Gasteiger partial charge in [-0.2, -0.15) is 0 Å². The summed E-state index contributed by atoms with van der Waals surface area (Å²) < 4.78 is 0. The lowest BCUT2D eigenvalue weighted by Gasteiger charge is -2.18. The molecule has 0 spiro atoms. The molecule has 1 heterocycles. The summed E-state index contributed by atoms with van der Waals surface area (Å²) in [5.41, 5.74) is 1.20. The zero-order valence-electron chi connectivity index (χ0n) is 10.7. The summed E-state index contributed by atoms with van der Waals surface area (Å²) in [5.74, 6) is 0.897. The molecule has 0 saturated heterocycles. The van der Waals surface area contributed by atoms with E-state index in [0.29, 0.717) is 12.1 Å². The molecule has 1 fully saturated rings. The second kappa shape index (κ2) is 4.84. The first-order chi connectivity index (χ1) is 7.56. The average Bonchev–Trinajstić information content (AvgIpc) is 2.73. The Kier molecular flexibility index (Phi) is 3.65. The van der Waals surface area contributed by atoms with Crippen molar-refractivity contribution in [2.45, 2.75) is 59.0 Å². The fourth-order valence-electron chi connectivity index (χ4n) is 2.74. The molecular weight excluding hydrogens is 216 g/mol. The van der Waals surface area contributed by atoms with E-state index in [9.17, 15) is 0 Å². The van der Waals surface area contributed by atoms with Crippen molar-refractivity contribution in [3.63, 3.8) is 0 Å². The van der Waals surface area contributed by atoms with Gasteiger partial charge in [-0.25, -0.2) is 4.98 Å². The third-order valence-corrected chi connectivity index (χ3v) is 4.77. The van der Waals surface area contributed by atoms with Gasteiger partial charge in [0, 0.05) is 17.0 Å². The van der Waals surface area contributed by atoms with E-state index in [4.69, 9.17) is 0 Å². The van der Waals surface area contributed by atoms with Crippen LogP contribution in [0.4, 0.5) is 0 Å². The van der Waals surface area contributed by atoms with Gasteiger partial charge < -0.3 is 5.32 Å². The molecule has 1 aromatic heterocycles. The molecule has 16 heavy (non-hydrogen) atoms. The Morgan fingerprint density at radius 2 is 2.12 bits per heavy atom. The average molecular weight is 238 g/mol. The molecular formula is C13H22N2S. The molecule has 0 radical (unpaired) electrons. The van der Waals surface area contributed by atoms with Gasteiger partial charge >= 0.3 is 0 Å². The van der Waals surface area contributed by atoms with E-state index in [2.05, 4.69) is 38.0 Å². The van der Waals surface area contributed by atoms with Crippen molar-refractivity contribution in [2.75, 3.05) is 0 Å². The van der Waals surface area contributed by atoms with Crippen LogP contribution < -0.4 is 5.32 Å². The van der Waals surface area contributed by atoms with Crippen molar-refractivity contribution < 1.29 is 0 Å². The van der Waals surface area contributed by atoms with Crippen molar-refractivity contribution in [3.8, 4) is 0 Å². The summed E-state index contributed by atoms with van der Waals surface area (Å²) >= 11 is 1.83. The van der Waals surface area contributed by atoms with Gasteiger partial charge in [-0.05, 0) is 46.0 Å². The van der Waals surface area contributed by atoms with Crippen LogP contribution in [0.3, 0.4) is 0 Å². The quantitative estimate of drug-likeness (QED) is 0.870. The number of nitrogens with one attached hydrogen (secondary N) is 1. The van der Waals surface area contributed by atoms with Crippen molar-refractivity contribution in [1.82, 2.24) is 10.3 Å². The van der Waals surface area contributed by atoms with Crippen molar-refractivity contribution in [1.29, 1.82) is 0 Å². The van der Waals surface area contributed by atoms with Gasteiger partial charge in [-0.3, -0.25) is 0 Å². The number of hydrogen-bond donors (Lipinski definition) is 1. The van der Waals surface area contributed by atoms with Crippen LogP contribution in [-0.2, 0) is 0 Å².